The molecule has 0 aliphatic heterocycles. The standard InChI is InChI=1S/C13H18FN/c1-10-5-4-8-12(14)13(10)15-9-11-6-2-3-7-11/h4-5,8,11,15H,2-3,6-7,9H2,1H3. The van der Waals surface area contributed by atoms with E-state index in [0.717, 1.165) is 18.0 Å². The summed E-state index contributed by atoms with van der Waals surface area (Å²) >= 11 is 0. The summed E-state index contributed by atoms with van der Waals surface area (Å²) in [7, 11) is 0. The number of para-hydroxylation sites is 1. The highest BCUT2D eigenvalue weighted by Gasteiger charge is 2.15. The molecule has 1 aromatic rings. The Morgan fingerprint density at radius 2 is 2.07 bits per heavy atom. The lowest BCUT2D eigenvalue weighted by Gasteiger charge is -2.14. The fraction of sp³-hybridized carbons (Fsp3) is 0.538. The maximum atomic E-state index is 13.5. The van der Waals surface area contributed by atoms with Crippen molar-refractivity contribution in [2.45, 2.75) is 32.6 Å². The Morgan fingerprint density at radius 3 is 2.73 bits per heavy atom. The van der Waals surface area contributed by atoms with E-state index in [1.807, 2.05) is 13.0 Å². The monoisotopic (exact) mass is 207 g/mol. The second kappa shape index (κ2) is 4.65. The molecule has 2 rings (SSSR count). The second-order valence-corrected chi connectivity index (χ2v) is 4.46. The van der Waals surface area contributed by atoms with Crippen molar-refractivity contribution in [1.82, 2.24) is 0 Å². The fourth-order valence-electron chi connectivity index (χ4n) is 2.32. The molecular weight excluding hydrogens is 189 g/mol. The van der Waals surface area contributed by atoms with Gasteiger partial charge in [0.25, 0.3) is 0 Å². The fourth-order valence-corrected chi connectivity index (χ4v) is 2.32. The first-order valence-corrected chi connectivity index (χ1v) is 5.76. The summed E-state index contributed by atoms with van der Waals surface area (Å²) in [5.41, 5.74) is 1.68. The minimum atomic E-state index is -0.131. The van der Waals surface area contributed by atoms with Crippen LogP contribution < -0.4 is 5.32 Å². The maximum Gasteiger partial charge on any atom is 0.146 e. The number of hydrogen-bond donors (Lipinski definition) is 1. The molecule has 0 aromatic heterocycles. The Bertz CT molecular complexity index is 309. The summed E-state index contributed by atoms with van der Waals surface area (Å²) in [6.07, 6.45) is 5.26. The van der Waals surface area contributed by atoms with Gasteiger partial charge < -0.3 is 5.32 Å². The van der Waals surface area contributed by atoms with Crippen LogP contribution in [0.3, 0.4) is 0 Å². The van der Waals surface area contributed by atoms with Gasteiger partial charge in [0.1, 0.15) is 5.82 Å². The van der Waals surface area contributed by atoms with Gasteiger partial charge in [-0.05, 0) is 37.3 Å². The Hall–Kier alpha value is -1.05. The summed E-state index contributed by atoms with van der Waals surface area (Å²) in [6, 6.07) is 5.22. The number of halogens is 1. The van der Waals surface area contributed by atoms with Crippen LogP contribution in [0.5, 0.6) is 0 Å². The van der Waals surface area contributed by atoms with Gasteiger partial charge in [-0.15, -0.1) is 0 Å². The molecule has 0 unspecified atom stereocenters. The van der Waals surface area contributed by atoms with Gasteiger partial charge in [-0.3, -0.25) is 0 Å². The van der Waals surface area contributed by atoms with Crippen LogP contribution in [-0.4, -0.2) is 6.54 Å². The van der Waals surface area contributed by atoms with E-state index < -0.39 is 0 Å². The number of hydrogen-bond acceptors (Lipinski definition) is 1. The molecule has 15 heavy (non-hydrogen) atoms. The van der Waals surface area contributed by atoms with Crippen molar-refractivity contribution in [2.24, 2.45) is 5.92 Å². The summed E-state index contributed by atoms with van der Waals surface area (Å²) in [5.74, 6) is 0.608. The van der Waals surface area contributed by atoms with Gasteiger partial charge >= 0.3 is 0 Å². The van der Waals surface area contributed by atoms with Crippen LogP contribution in [0.4, 0.5) is 10.1 Å². The molecule has 1 aromatic carbocycles. The molecule has 0 bridgehead atoms. The molecule has 82 valence electrons. The smallest absolute Gasteiger partial charge is 0.146 e. The minimum absolute atomic E-state index is 0.131. The molecule has 1 N–H and O–H groups in total. The van der Waals surface area contributed by atoms with Gasteiger partial charge in [0, 0.05) is 6.54 Å². The Kier molecular flexibility index (Phi) is 3.24. The largest absolute Gasteiger partial charge is 0.382 e. The molecule has 0 atom stereocenters. The van der Waals surface area contributed by atoms with Crippen molar-refractivity contribution in [1.29, 1.82) is 0 Å². The van der Waals surface area contributed by atoms with Gasteiger partial charge in [-0.2, -0.15) is 0 Å². The van der Waals surface area contributed by atoms with E-state index in [-0.39, 0.29) is 5.82 Å². The molecule has 0 heterocycles. The van der Waals surface area contributed by atoms with Crippen LogP contribution in [-0.2, 0) is 0 Å². The lowest BCUT2D eigenvalue weighted by atomic mass is 10.1. The first kappa shape index (κ1) is 10.5. The molecule has 0 amide bonds. The van der Waals surface area contributed by atoms with Crippen molar-refractivity contribution in [2.75, 3.05) is 11.9 Å². The van der Waals surface area contributed by atoms with E-state index in [1.165, 1.54) is 31.7 Å². The average molecular weight is 207 g/mol. The van der Waals surface area contributed by atoms with Crippen molar-refractivity contribution >= 4 is 5.69 Å². The predicted molar refractivity (Wildman–Crippen MR) is 61.6 cm³/mol. The first-order chi connectivity index (χ1) is 7.27. The maximum absolute atomic E-state index is 13.5. The first-order valence-electron chi connectivity index (χ1n) is 5.76. The number of anilines is 1. The molecule has 0 saturated heterocycles. The molecule has 1 saturated carbocycles. The number of benzene rings is 1. The Balaban J connectivity index is 1.97. The highest BCUT2D eigenvalue weighted by Crippen LogP contribution is 2.26. The molecule has 1 aliphatic carbocycles. The zero-order chi connectivity index (χ0) is 10.7. The Labute approximate surface area is 90.7 Å². The Morgan fingerprint density at radius 1 is 1.33 bits per heavy atom. The molecule has 0 radical (unpaired) electrons. The van der Waals surface area contributed by atoms with Crippen molar-refractivity contribution in [3.63, 3.8) is 0 Å². The number of rotatable bonds is 3. The highest BCUT2D eigenvalue weighted by atomic mass is 19.1. The topological polar surface area (TPSA) is 12.0 Å². The zero-order valence-electron chi connectivity index (χ0n) is 9.22. The minimum Gasteiger partial charge on any atom is -0.382 e. The van der Waals surface area contributed by atoms with Gasteiger partial charge in [-0.1, -0.05) is 25.0 Å². The molecular formula is C13H18FN. The second-order valence-electron chi connectivity index (χ2n) is 4.46. The normalized spacial score (nSPS) is 16.9. The van der Waals surface area contributed by atoms with Crippen LogP contribution in [0, 0.1) is 18.7 Å². The van der Waals surface area contributed by atoms with Crippen LogP contribution in [0.15, 0.2) is 18.2 Å². The van der Waals surface area contributed by atoms with Gasteiger partial charge in [0.15, 0.2) is 0 Å². The lowest BCUT2D eigenvalue weighted by Crippen LogP contribution is -2.12. The van der Waals surface area contributed by atoms with E-state index in [9.17, 15) is 4.39 Å². The van der Waals surface area contributed by atoms with E-state index in [0.29, 0.717) is 5.69 Å². The highest BCUT2D eigenvalue weighted by molar-refractivity contribution is 5.51. The third kappa shape index (κ3) is 2.49. The van der Waals surface area contributed by atoms with Crippen LogP contribution >= 0.6 is 0 Å². The van der Waals surface area contributed by atoms with E-state index in [4.69, 9.17) is 0 Å². The number of nitrogens with one attached hydrogen (secondary N) is 1. The average Bonchev–Trinajstić information content (AvgIpc) is 2.70. The summed E-state index contributed by atoms with van der Waals surface area (Å²) in [6.45, 7) is 2.86. The zero-order valence-corrected chi connectivity index (χ0v) is 9.22. The van der Waals surface area contributed by atoms with Crippen molar-refractivity contribution < 1.29 is 4.39 Å². The molecule has 2 heteroatoms. The quantitative estimate of drug-likeness (QED) is 0.796. The van der Waals surface area contributed by atoms with E-state index >= 15 is 0 Å². The van der Waals surface area contributed by atoms with Crippen LogP contribution in [0.2, 0.25) is 0 Å². The predicted octanol–water partition coefficient (Wildman–Crippen LogP) is 3.74. The number of aryl methyl sites for hydroxylation is 1. The molecule has 1 aliphatic rings. The molecule has 1 nitrogen and oxygen atoms in total. The van der Waals surface area contributed by atoms with Gasteiger partial charge in [0.05, 0.1) is 5.69 Å². The molecule has 0 spiro atoms. The third-order valence-electron chi connectivity index (χ3n) is 3.26. The van der Waals surface area contributed by atoms with E-state index in [1.54, 1.807) is 6.07 Å². The lowest BCUT2D eigenvalue weighted by molar-refractivity contribution is 0.573. The van der Waals surface area contributed by atoms with Gasteiger partial charge in [0.2, 0.25) is 0 Å². The summed E-state index contributed by atoms with van der Waals surface area (Å²) in [5, 5.41) is 3.25. The van der Waals surface area contributed by atoms with Crippen LogP contribution in [0.1, 0.15) is 31.2 Å². The summed E-state index contributed by atoms with van der Waals surface area (Å²) in [4.78, 5) is 0. The summed E-state index contributed by atoms with van der Waals surface area (Å²) < 4.78 is 13.5. The molecule has 1 fully saturated rings. The van der Waals surface area contributed by atoms with Crippen molar-refractivity contribution in [3.05, 3.63) is 29.6 Å². The SMILES string of the molecule is Cc1cccc(F)c1NCC1CCCC1. The third-order valence-corrected chi connectivity index (χ3v) is 3.26. The van der Waals surface area contributed by atoms with Gasteiger partial charge in [-0.25, -0.2) is 4.39 Å². The van der Waals surface area contributed by atoms with E-state index in [2.05, 4.69) is 5.32 Å². The van der Waals surface area contributed by atoms with Crippen LogP contribution in [0.25, 0.3) is 0 Å². The van der Waals surface area contributed by atoms with Crippen molar-refractivity contribution in [3.8, 4) is 0 Å².